The number of allylic oxidation sites excluding steroid dienone is 2. The topological polar surface area (TPSA) is 0 Å². The molecule has 4 heteroatoms. The summed E-state index contributed by atoms with van der Waals surface area (Å²) in [5.74, 6) is 0. The molecular weight excluding hydrogens is 234 g/mol. The summed E-state index contributed by atoms with van der Waals surface area (Å²) < 4.78 is 0. The second-order valence-electron chi connectivity index (χ2n) is 0.827. The molecule has 1 aliphatic carbocycles. The van der Waals surface area contributed by atoms with Crippen molar-refractivity contribution in [2.24, 2.45) is 0 Å². The van der Waals surface area contributed by atoms with Gasteiger partial charge >= 0.3 is 43.7 Å². The summed E-state index contributed by atoms with van der Waals surface area (Å²) in [4.78, 5) is 0. The van der Waals surface area contributed by atoms with Crippen LogP contribution in [0.4, 0.5) is 0 Å². The molecule has 0 N–H and O–H groups in total. The third kappa shape index (κ3) is 36.4. The number of hydrogen-bond acceptors (Lipinski definition) is 0. The predicted octanol–water partition coefficient (Wildman–Crippen LogP) is 2.82. The molecule has 0 nitrogen and oxygen atoms in total. The van der Waals surface area contributed by atoms with E-state index in [0.29, 0.717) is 0 Å². The van der Waals surface area contributed by atoms with Crippen LogP contribution < -0.4 is 0 Å². The monoisotopic (exact) mass is 234 g/mol. The molecule has 0 heterocycles. The second kappa shape index (κ2) is 5.63. The van der Waals surface area contributed by atoms with E-state index in [1.807, 2.05) is 6.08 Å². The fraction of sp³-hybridized carbons (Fsp3) is 0.333. The molecule has 1 radical (unpaired) electrons. The van der Waals surface area contributed by atoms with Crippen molar-refractivity contribution >= 4 is 25.5 Å². The fourth-order valence-electron chi connectivity index (χ4n) is 0. The second-order valence-corrected chi connectivity index (χ2v) is 12.0. The van der Waals surface area contributed by atoms with Gasteiger partial charge in [0.25, 0.3) is 0 Å². The van der Waals surface area contributed by atoms with Gasteiger partial charge in [-0.15, -0.1) is 0 Å². The third-order valence-electron chi connectivity index (χ3n) is 0.204. The third-order valence-corrected chi connectivity index (χ3v) is 0.204. The van der Waals surface area contributed by atoms with E-state index in [-0.39, 0.29) is 0 Å². The number of halogens is 3. The molecule has 1 rings (SSSR count). The van der Waals surface area contributed by atoms with Crippen LogP contribution in [0, 0.1) is 6.08 Å². The van der Waals surface area contributed by atoms with Crippen molar-refractivity contribution in [3.8, 4) is 0 Å². The van der Waals surface area contributed by atoms with Gasteiger partial charge < -0.3 is 0 Å². The first-order valence-electron chi connectivity index (χ1n) is 1.62. The van der Waals surface area contributed by atoms with E-state index >= 15 is 0 Å². The van der Waals surface area contributed by atoms with Gasteiger partial charge in [-0.05, 0) is 12.5 Å². The first kappa shape index (κ1) is 8.49. The molecule has 0 aromatic carbocycles. The van der Waals surface area contributed by atoms with Gasteiger partial charge in [0, 0.05) is 0 Å². The van der Waals surface area contributed by atoms with Gasteiger partial charge in [0.2, 0.25) is 0 Å². The fourth-order valence-corrected chi connectivity index (χ4v) is 0. The average molecular weight is 237 g/mol. The molecule has 40 valence electrons. The molecule has 0 saturated carbocycles. The van der Waals surface area contributed by atoms with Gasteiger partial charge in [-0.3, -0.25) is 0 Å². The van der Waals surface area contributed by atoms with Gasteiger partial charge in [-0.2, -0.15) is 0 Å². The Morgan fingerprint density at radius 2 is 1.57 bits per heavy atom. The molecule has 0 spiro atoms. The minimum atomic E-state index is -2.13. The van der Waals surface area contributed by atoms with Crippen LogP contribution in [0.3, 0.4) is 0 Å². The SMILES string of the molecule is [C]1=CC1.[Cl][Zr]([Cl])[Cl]. The summed E-state index contributed by atoms with van der Waals surface area (Å²) in [6, 6.07) is 0. The van der Waals surface area contributed by atoms with Crippen molar-refractivity contribution in [1.29, 1.82) is 0 Å². The molecule has 0 saturated heterocycles. The molecule has 0 amide bonds. The van der Waals surface area contributed by atoms with Crippen molar-refractivity contribution in [3.63, 3.8) is 0 Å². The van der Waals surface area contributed by atoms with Crippen LogP contribution in [0.1, 0.15) is 6.42 Å². The van der Waals surface area contributed by atoms with E-state index < -0.39 is 18.2 Å². The zero-order chi connectivity index (χ0) is 5.70. The zero-order valence-electron chi connectivity index (χ0n) is 3.42. The van der Waals surface area contributed by atoms with Crippen LogP contribution in [0.25, 0.3) is 0 Å². The summed E-state index contributed by atoms with van der Waals surface area (Å²) in [6.45, 7) is 0. The summed E-state index contributed by atoms with van der Waals surface area (Å²) in [5.41, 5.74) is 0. The normalized spacial score (nSPS) is 11.9. The van der Waals surface area contributed by atoms with Gasteiger partial charge in [0.1, 0.15) is 0 Å². The van der Waals surface area contributed by atoms with E-state index in [0.717, 1.165) is 6.42 Å². The minimum absolute atomic E-state index is 1.12. The number of rotatable bonds is 0. The van der Waals surface area contributed by atoms with E-state index in [1.54, 1.807) is 0 Å². The van der Waals surface area contributed by atoms with Crippen LogP contribution in [-0.4, -0.2) is 0 Å². The van der Waals surface area contributed by atoms with Gasteiger partial charge in [0.15, 0.2) is 0 Å². The van der Waals surface area contributed by atoms with Crippen LogP contribution in [0.15, 0.2) is 6.08 Å². The van der Waals surface area contributed by atoms with Crippen molar-refractivity contribution in [1.82, 2.24) is 0 Å². The summed E-state index contributed by atoms with van der Waals surface area (Å²) >= 11 is -2.13. The molecule has 0 bridgehead atoms. The van der Waals surface area contributed by atoms with Crippen molar-refractivity contribution < 1.29 is 18.2 Å². The quantitative estimate of drug-likeness (QED) is 0.607. The molecule has 0 aromatic heterocycles. The summed E-state index contributed by atoms with van der Waals surface area (Å²) in [5, 5.41) is 0. The molecule has 0 unspecified atom stereocenters. The van der Waals surface area contributed by atoms with Crippen LogP contribution in [0.2, 0.25) is 0 Å². The van der Waals surface area contributed by atoms with Crippen molar-refractivity contribution in [3.05, 3.63) is 12.2 Å². The maximum absolute atomic E-state index is 5.00. The Morgan fingerprint density at radius 1 is 1.43 bits per heavy atom. The molecule has 7 heavy (non-hydrogen) atoms. The molecule has 0 fully saturated rings. The van der Waals surface area contributed by atoms with E-state index in [9.17, 15) is 0 Å². The van der Waals surface area contributed by atoms with Gasteiger partial charge in [-0.1, -0.05) is 6.08 Å². The van der Waals surface area contributed by atoms with E-state index in [2.05, 4.69) is 6.08 Å². The molecule has 0 aliphatic heterocycles. The molecule has 1 aliphatic rings. The predicted molar refractivity (Wildman–Crippen MR) is 30.0 cm³/mol. The zero-order valence-corrected chi connectivity index (χ0v) is 8.14. The first-order valence-corrected chi connectivity index (χ1v) is 11.1. The van der Waals surface area contributed by atoms with Crippen molar-refractivity contribution in [2.45, 2.75) is 6.42 Å². The Kier molecular flexibility index (Phi) is 6.83. The van der Waals surface area contributed by atoms with Crippen LogP contribution >= 0.6 is 25.5 Å². The first-order chi connectivity index (χ1) is 3.23. The van der Waals surface area contributed by atoms with E-state index in [1.165, 1.54) is 0 Å². The van der Waals surface area contributed by atoms with Gasteiger partial charge in [-0.25, -0.2) is 0 Å². The Bertz CT molecular complexity index is 54.4. The van der Waals surface area contributed by atoms with Crippen LogP contribution in [0.5, 0.6) is 0 Å². The Labute approximate surface area is 61.8 Å². The standard InChI is InChI=1S/C3H3.3ClH.Zr/c1-2-3-1;;;;/h1H,2H2;3*1H;/q;;;;+3/p-3. The van der Waals surface area contributed by atoms with Crippen molar-refractivity contribution in [2.75, 3.05) is 0 Å². The Morgan fingerprint density at radius 3 is 1.57 bits per heavy atom. The number of hydrogen-bond donors (Lipinski definition) is 0. The molecule has 0 aromatic rings. The summed E-state index contributed by atoms with van der Waals surface area (Å²) in [7, 11) is 15.0. The Balaban J connectivity index is 0.000000105. The average Bonchev–Trinajstić information content (AvgIpc) is 2.02. The molecule has 0 atom stereocenters. The van der Waals surface area contributed by atoms with Gasteiger partial charge in [0.05, 0.1) is 0 Å². The van der Waals surface area contributed by atoms with E-state index in [4.69, 9.17) is 25.5 Å². The van der Waals surface area contributed by atoms with Crippen LogP contribution in [-0.2, 0) is 18.2 Å². The maximum atomic E-state index is 5.00. The Hall–Kier alpha value is 1.49. The molecular formula is C3H3Cl3Zr. The summed E-state index contributed by atoms with van der Waals surface area (Å²) in [6.07, 6.45) is 6.00.